The van der Waals surface area contributed by atoms with Crippen LogP contribution in [0.5, 0.6) is 0 Å². The summed E-state index contributed by atoms with van der Waals surface area (Å²) in [4.78, 5) is 25.3. The maximum atomic E-state index is 12.1. The monoisotopic (exact) mass is 362 g/mol. The molecule has 0 aromatic heterocycles. The molecule has 24 heavy (non-hydrogen) atoms. The molecule has 4 nitrogen and oxygen atoms in total. The number of rotatable bonds is 5. The molecular formula is C18H16Cl2N2O2. The molecule has 0 bridgehead atoms. The predicted molar refractivity (Wildman–Crippen MR) is 98.2 cm³/mol. The van der Waals surface area contributed by atoms with Crippen LogP contribution in [0.3, 0.4) is 0 Å². The fourth-order valence-corrected chi connectivity index (χ4v) is 2.49. The van der Waals surface area contributed by atoms with E-state index < -0.39 is 0 Å². The lowest BCUT2D eigenvalue weighted by molar-refractivity contribution is -0.129. The minimum absolute atomic E-state index is 0.0612. The van der Waals surface area contributed by atoms with E-state index in [9.17, 15) is 9.59 Å². The molecule has 2 rings (SSSR count). The molecule has 0 aliphatic rings. The van der Waals surface area contributed by atoms with Gasteiger partial charge >= 0.3 is 0 Å². The SMILES string of the molecule is CN(CC(=O)Nc1ccccc1)C(=O)/C=C/c1c(Cl)cccc1Cl. The third-order valence-electron chi connectivity index (χ3n) is 3.21. The standard InChI is InChI=1S/C18H16Cl2N2O2/c1-22(12-17(23)21-13-6-3-2-4-7-13)18(24)11-10-14-15(19)8-5-9-16(14)20/h2-11H,12H2,1H3,(H,21,23)/b11-10+. The molecule has 2 aromatic rings. The number of nitrogens with one attached hydrogen (secondary N) is 1. The molecule has 0 heterocycles. The van der Waals surface area contributed by atoms with Gasteiger partial charge in [0.2, 0.25) is 11.8 Å². The van der Waals surface area contributed by atoms with Gasteiger partial charge in [-0.1, -0.05) is 47.5 Å². The number of hydrogen-bond donors (Lipinski definition) is 1. The number of hydrogen-bond acceptors (Lipinski definition) is 2. The van der Waals surface area contributed by atoms with Crippen LogP contribution in [0, 0.1) is 0 Å². The second-order valence-electron chi connectivity index (χ2n) is 5.08. The van der Waals surface area contributed by atoms with Crippen molar-refractivity contribution < 1.29 is 9.59 Å². The minimum Gasteiger partial charge on any atom is -0.333 e. The van der Waals surface area contributed by atoms with E-state index in [1.54, 1.807) is 43.5 Å². The van der Waals surface area contributed by atoms with Crippen molar-refractivity contribution in [3.8, 4) is 0 Å². The summed E-state index contributed by atoms with van der Waals surface area (Å²) in [7, 11) is 1.55. The van der Waals surface area contributed by atoms with Crippen molar-refractivity contribution in [2.75, 3.05) is 18.9 Å². The zero-order valence-electron chi connectivity index (χ0n) is 13.0. The lowest BCUT2D eigenvalue weighted by atomic mass is 10.2. The predicted octanol–water partition coefficient (Wildman–Crippen LogP) is 4.10. The van der Waals surface area contributed by atoms with E-state index in [1.165, 1.54) is 11.0 Å². The molecule has 0 aliphatic carbocycles. The van der Waals surface area contributed by atoms with Crippen molar-refractivity contribution in [3.63, 3.8) is 0 Å². The van der Waals surface area contributed by atoms with Gasteiger partial charge in [0.15, 0.2) is 0 Å². The summed E-state index contributed by atoms with van der Waals surface area (Å²) >= 11 is 12.1. The number of para-hydroxylation sites is 1. The second-order valence-corrected chi connectivity index (χ2v) is 5.89. The summed E-state index contributed by atoms with van der Waals surface area (Å²) in [6.45, 7) is -0.0612. The second kappa shape index (κ2) is 8.52. The van der Waals surface area contributed by atoms with Crippen molar-refractivity contribution in [1.29, 1.82) is 0 Å². The number of benzene rings is 2. The number of amides is 2. The molecule has 0 fully saturated rings. The van der Waals surface area contributed by atoms with Gasteiger partial charge in [-0.25, -0.2) is 0 Å². The molecule has 0 saturated carbocycles. The Kier molecular flexibility index (Phi) is 6.41. The molecule has 0 spiro atoms. The summed E-state index contributed by atoms with van der Waals surface area (Å²) in [6, 6.07) is 14.2. The first kappa shape index (κ1) is 18.0. The Hall–Kier alpha value is -2.30. The molecule has 0 radical (unpaired) electrons. The minimum atomic E-state index is -0.325. The van der Waals surface area contributed by atoms with Gasteiger partial charge in [-0.3, -0.25) is 9.59 Å². The Labute approximate surface area is 150 Å². The maximum Gasteiger partial charge on any atom is 0.246 e. The van der Waals surface area contributed by atoms with E-state index in [4.69, 9.17) is 23.2 Å². The molecule has 124 valence electrons. The topological polar surface area (TPSA) is 49.4 Å². The van der Waals surface area contributed by atoms with Gasteiger partial charge in [-0.05, 0) is 30.3 Å². The third-order valence-corrected chi connectivity index (χ3v) is 3.87. The van der Waals surface area contributed by atoms with Gasteiger partial charge in [0.05, 0.1) is 6.54 Å². The lowest BCUT2D eigenvalue weighted by Crippen LogP contribution is -2.33. The van der Waals surface area contributed by atoms with E-state index in [0.29, 0.717) is 21.3 Å². The molecule has 2 amide bonds. The van der Waals surface area contributed by atoms with Crippen molar-refractivity contribution >= 4 is 46.8 Å². The Morgan fingerprint density at radius 2 is 1.67 bits per heavy atom. The van der Waals surface area contributed by atoms with Crippen LogP contribution < -0.4 is 5.32 Å². The first-order valence-corrected chi connectivity index (χ1v) is 7.95. The highest BCUT2D eigenvalue weighted by atomic mass is 35.5. The smallest absolute Gasteiger partial charge is 0.246 e. The molecule has 6 heteroatoms. The normalized spacial score (nSPS) is 10.6. The fraction of sp³-hybridized carbons (Fsp3) is 0.111. The molecule has 0 aliphatic heterocycles. The quantitative estimate of drug-likeness (QED) is 0.813. The number of carbonyl (C=O) groups is 2. The Balaban J connectivity index is 1.94. The molecule has 0 saturated heterocycles. The highest BCUT2D eigenvalue weighted by Gasteiger charge is 2.11. The number of carbonyl (C=O) groups excluding carboxylic acids is 2. The number of halogens is 2. The van der Waals surface area contributed by atoms with Crippen molar-refractivity contribution in [1.82, 2.24) is 4.90 Å². The third kappa shape index (κ3) is 5.11. The maximum absolute atomic E-state index is 12.1. The van der Waals surface area contributed by atoms with Crippen LogP contribution >= 0.6 is 23.2 Å². The van der Waals surface area contributed by atoms with E-state index in [2.05, 4.69) is 5.32 Å². The molecule has 1 N–H and O–H groups in total. The van der Waals surface area contributed by atoms with E-state index in [-0.39, 0.29) is 18.4 Å². The molecular weight excluding hydrogens is 347 g/mol. The van der Waals surface area contributed by atoms with Crippen LogP contribution in [0.4, 0.5) is 5.69 Å². The van der Waals surface area contributed by atoms with Crippen molar-refractivity contribution in [2.45, 2.75) is 0 Å². The summed E-state index contributed by atoms with van der Waals surface area (Å²) < 4.78 is 0. The first-order chi connectivity index (χ1) is 11.5. The van der Waals surface area contributed by atoms with E-state index in [0.717, 1.165) is 0 Å². The molecule has 0 unspecified atom stereocenters. The molecule has 2 aromatic carbocycles. The first-order valence-electron chi connectivity index (χ1n) is 7.19. The lowest BCUT2D eigenvalue weighted by Gasteiger charge is -2.15. The summed E-state index contributed by atoms with van der Waals surface area (Å²) in [5.74, 6) is -0.601. The van der Waals surface area contributed by atoms with Crippen LogP contribution in [0.2, 0.25) is 10.0 Å². The fourth-order valence-electron chi connectivity index (χ4n) is 1.97. The number of likely N-dealkylation sites (N-methyl/N-ethyl adjacent to an activating group) is 1. The van der Waals surface area contributed by atoms with Crippen LogP contribution in [0.15, 0.2) is 54.6 Å². The van der Waals surface area contributed by atoms with Gasteiger partial charge in [0.25, 0.3) is 0 Å². The Morgan fingerprint density at radius 3 is 2.29 bits per heavy atom. The largest absolute Gasteiger partial charge is 0.333 e. The zero-order chi connectivity index (χ0) is 17.5. The van der Waals surface area contributed by atoms with Crippen LogP contribution in [0.25, 0.3) is 6.08 Å². The highest BCUT2D eigenvalue weighted by molar-refractivity contribution is 6.37. The highest BCUT2D eigenvalue weighted by Crippen LogP contribution is 2.25. The summed E-state index contributed by atoms with van der Waals surface area (Å²) in [5.41, 5.74) is 1.25. The van der Waals surface area contributed by atoms with E-state index >= 15 is 0 Å². The van der Waals surface area contributed by atoms with Crippen LogP contribution in [0.1, 0.15) is 5.56 Å². The summed E-state index contributed by atoms with van der Waals surface area (Å²) in [6.07, 6.45) is 2.88. The average Bonchev–Trinajstić information content (AvgIpc) is 2.55. The summed E-state index contributed by atoms with van der Waals surface area (Å²) in [5, 5.41) is 3.63. The number of nitrogens with zero attached hydrogens (tertiary/aromatic N) is 1. The van der Waals surface area contributed by atoms with E-state index in [1.807, 2.05) is 18.2 Å². The Bertz CT molecular complexity index is 741. The van der Waals surface area contributed by atoms with Gasteiger partial charge < -0.3 is 10.2 Å². The van der Waals surface area contributed by atoms with Crippen LogP contribution in [-0.4, -0.2) is 30.3 Å². The van der Waals surface area contributed by atoms with Crippen LogP contribution in [-0.2, 0) is 9.59 Å². The number of anilines is 1. The average molecular weight is 363 g/mol. The van der Waals surface area contributed by atoms with Crippen molar-refractivity contribution in [2.24, 2.45) is 0 Å². The van der Waals surface area contributed by atoms with Gasteiger partial charge in [-0.15, -0.1) is 0 Å². The van der Waals surface area contributed by atoms with Gasteiger partial charge in [0, 0.05) is 34.4 Å². The Morgan fingerprint density at radius 1 is 1.04 bits per heavy atom. The van der Waals surface area contributed by atoms with Gasteiger partial charge in [0.1, 0.15) is 0 Å². The molecule has 0 atom stereocenters. The van der Waals surface area contributed by atoms with Crippen molar-refractivity contribution in [3.05, 3.63) is 70.2 Å². The van der Waals surface area contributed by atoms with Gasteiger partial charge in [-0.2, -0.15) is 0 Å². The zero-order valence-corrected chi connectivity index (χ0v) is 14.5.